The fourth-order valence-electron chi connectivity index (χ4n) is 2.28. The molecular formula is C20H23N3O4. The van der Waals surface area contributed by atoms with Gasteiger partial charge in [-0.25, -0.2) is 0 Å². The Kier molecular flexibility index (Phi) is 6.82. The zero-order valence-corrected chi connectivity index (χ0v) is 15.8. The topological polar surface area (TPSA) is 88.7 Å². The van der Waals surface area contributed by atoms with Crippen molar-refractivity contribution in [2.24, 2.45) is 0 Å². The highest BCUT2D eigenvalue weighted by Gasteiger charge is 2.10. The lowest BCUT2D eigenvalue weighted by Crippen LogP contribution is -2.36. The van der Waals surface area contributed by atoms with Crippen LogP contribution in [0.15, 0.2) is 54.2 Å². The number of ether oxygens (including phenoxy) is 2. The Balaban J connectivity index is 1.97. The number of allylic oxidation sites excluding steroid dienone is 1. The molecule has 7 nitrogen and oxygen atoms in total. The second-order valence-corrected chi connectivity index (χ2v) is 5.81. The molecule has 27 heavy (non-hydrogen) atoms. The highest BCUT2D eigenvalue weighted by atomic mass is 16.5. The minimum Gasteiger partial charge on any atom is -0.497 e. The number of amides is 2. The van der Waals surface area contributed by atoms with Crippen molar-refractivity contribution >= 4 is 17.5 Å². The summed E-state index contributed by atoms with van der Waals surface area (Å²) in [5.74, 6) is 0.319. The standard InChI is InChI=1S/C20H23N3O4/c1-13-7-5-6-8-18(13)21-19(24)9-14(2)22-23-20(25)15-10-16(26-3)12-17(11-15)27-4/h5-12,22H,1-4H3,(H,21,24)(H,23,25). The van der Waals surface area contributed by atoms with E-state index in [0.717, 1.165) is 11.3 Å². The summed E-state index contributed by atoms with van der Waals surface area (Å²) in [6.07, 6.45) is 1.36. The Hall–Kier alpha value is -3.48. The largest absolute Gasteiger partial charge is 0.497 e. The summed E-state index contributed by atoms with van der Waals surface area (Å²) in [4.78, 5) is 24.4. The lowest BCUT2D eigenvalue weighted by atomic mass is 10.2. The molecule has 3 N–H and O–H groups in total. The average molecular weight is 369 g/mol. The number of benzene rings is 2. The van der Waals surface area contributed by atoms with Crippen LogP contribution >= 0.6 is 0 Å². The van der Waals surface area contributed by atoms with Crippen LogP contribution in [0.4, 0.5) is 5.69 Å². The van der Waals surface area contributed by atoms with Crippen LogP contribution in [-0.2, 0) is 4.79 Å². The maximum absolute atomic E-state index is 12.3. The number of hydrogen-bond acceptors (Lipinski definition) is 5. The van der Waals surface area contributed by atoms with Gasteiger partial charge >= 0.3 is 0 Å². The van der Waals surface area contributed by atoms with Crippen LogP contribution in [0.2, 0.25) is 0 Å². The van der Waals surface area contributed by atoms with Gasteiger partial charge in [-0.15, -0.1) is 0 Å². The first-order valence-electron chi connectivity index (χ1n) is 8.27. The molecule has 2 amide bonds. The SMILES string of the molecule is COc1cc(OC)cc(C(=O)NNC(C)=CC(=O)Nc2ccccc2C)c1. The second-order valence-electron chi connectivity index (χ2n) is 5.81. The summed E-state index contributed by atoms with van der Waals surface area (Å²) in [6, 6.07) is 12.3. The molecule has 0 radical (unpaired) electrons. The number of aryl methyl sites for hydroxylation is 1. The van der Waals surface area contributed by atoms with Gasteiger partial charge in [0.15, 0.2) is 0 Å². The Bertz CT molecular complexity index is 840. The molecule has 0 aliphatic carbocycles. The van der Waals surface area contributed by atoms with Gasteiger partial charge in [-0.2, -0.15) is 0 Å². The summed E-state index contributed by atoms with van der Waals surface area (Å²) < 4.78 is 10.3. The summed E-state index contributed by atoms with van der Waals surface area (Å²) in [6.45, 7) is 3.58. The maximum atomic E-state index is 12.3. The molecule has 0 aliphatic heterocycles. The number of rotatable bonds is 7. The van der Waals surface area contributed by atoms with E-state index in [-0.39, 0.29) is 11.8 Å². The Labute approximate surface area is 158 Å². The van der Waals surface area contributed by atoms with E-state index < -0.39 is 0 Å². The smallest absolute Gasteiger partial charge is 0.269 e. The monoisotopic (exact) mass is 369 g/mol. The minimum atomic E-state index is -0.390. The lowest BCUT2D eigenvalue weighted by molar-refractivity contribution is -0.112. The quantitative estimate of drug-likeness (QED) is 0.516. The van der Waals surface area contributed by atoms with Crippen LogP contribution in [0.25, 0.3) is 0 Å². The minimum absolute atomic E-state index is 0.299. The Morgan fingerprint density at radius 1 is 0.963 bits per heavy atom. The van der Waals surface area contributed by atoms with Gasteiger partial charge in [-0.05, 0) is 37.6 Å². The van der Waals surface area contributed by atoms with Crippen LogP contribution in [-0.4, -0.2) is 26.0 Å². The molecular weight excluding hydrogens is 346 g/mol. The first kappa shape index (κ1) is 19.8. The fourth-order valence-corrected chi connectivity index (χ4v) is 2.28. The lowest BCUT2D eigenvalue weighted by Gasteiger charge is -2.11. The number of para-hydroxylation sites is 1. The van der Waals surface area contributed by atoms with Crippen LogP contribution in [0, 0.1) is 6.92 Å². The number of hydrazine groups is 1. The van der Waals surface area contributed by atoms with Gasteiger partial charge in [0.25, 0.3) is 5.91 Å². The van der Waals surface area contributed by atoms with E-state index in [4.69, 9.17) is 9.47 Å². The predicted molar refractivity (Wildman–Crippen MR) is 104 cm³/mol. The third-order valence-electron chi connectivity index (χ3n) is 3.74. The van der Waals surface area contributed by atoms with E-state index in [0.29, 0.717) is 22.8 Å². The van der Waals surface area contributed by atoms with Gasteiger partial charge in [0.05, 0.1) is 14.2 Å². The van der Waals surface area contributed by atoms with E-state index in [1.807, 2.05) is 31.2 Å². The Morgan fingerprint density at radius 2 is 1.59 bits per heavy atom. The van der Waals surface area contributed by atoms with Crippen molar-refractivity contribution in [2.75, 3.05) is 19.5 Å². The van der Waals surface area contributed by atoms with Crippen LogP contribution in [0.3, 0.4) is 0 Å². The van der Waals surface area contributed by atoms with E-state index in [1.165, 1.54) is 20.3 Å². The number of nitrogens with one attached hydrogen (secondary N) is 3. The second kappa shape index (κ2) is 9.28. The highest BCUT2D eigenvalue weighted by molar-refractivity contribution is 6.00. The zero-order valence-electron chi connectivity index (χ0n) is 15.8. The molecule has 142 valence electrons. The molecule has 7 heteroatoms. The summed E-state index contributed by atoms with van der Waals surface area (Å²) in [7, 11) is 3.02. The van der Waals surface area contributed by atoms with Gasteiger partial charge in [-0.1, -0.05) is 18.2 Å². The number of carbonyl (C=O) groups is 2. The normalized spacial score (nSPS) is 10.7. The van der Waals surface area contributed by atoms with Gasteiger partial charge in [0.1, 0.15) is 11.5 Å². The predicted octanol–water partition coefficient (Wildman–Crippen LogP) is 2.79. The maximum Gasteiger partial charge on any atom is 0.269 e. The molecule has 0 bridgehead atoms. The van der Waals surface area contributed by atoms with Crippen molar-refractivity contribution in [3.8, 4) is 11.5 Å². The molecule has 0 unspecified atom stereocenters. The number of hydrogen-bond donors (Lipinski definition) is 3. The van der Waals surface area contributed by atoms with E-state index in [9.17, 15) is 9.59 Å². The molecule has 0 fully saturated rings. The van der Waals surface area contributed by atoms with Crippen molar-refractivity contribution in [2.45, 2.75) is 13.8 Å². The molecule has 0 spiro atoms. The number of carbonyl (C=O) groups excluding carboxylic acids is 2. The van der Waals surface area contributed by atoms with Gasteiger partial charge in [-0.3, -0.25) is 15.0 Å². The Morgan fingerprint density at radius 3 is 2.19 bits per heavy atom. The molecule has 0 saturated heterocycles. The average Bonchev–Trinajstić information content (AvgIpc) is 2.67. The molecule has 0 heterocycles. The molecule has 2 aromatic carbocycles. The van der Waals surface area contributed by atoms with Crippen molar-refractivity contribution in [3.63, 3.8) is 0 Å². The van der Waals surface area contributed by atoms with Crippen molar-refractivity contribution in [1.29, 1.82) is 0 Å². The number of methoxy groups -OCH3 is 2. The third kappa shape index (κ3) is 5.78. The van der Waals surface area contributed by atoms with Crippen molar-refractivity contribution in [1.82, 2.24) is 10.9 Å². The third-order valence-corrected chi connectivity index (χ3v) is 3.74. The molecule has 0 aliphatic rings. The van der Waals surface area contributed by atoms with E-state index in [2.05, 4.69) is 16.2 Å². The zero-order chi connectivity index (χ0) is 19.8. The summed E-state index contributed by atoms with van der Waals surface area (Å²) in [5.41, 5.74) is 7.77. The first-order chi connectivity index (χ1) is 12.9. The van der Waals surface area contributed by atoms with Crippen LogP contribution in [0.1, 0.15) is 22.8 Å². The highest BCUT2D eigenvalue weighted by Crippen LogP contribution is 2.22. The fraction of sp³-hybridized carbons (Fsp3) is 0.200. The van der Waals surface area contributed by atoms with E-state index >= 15 is 0 Å². The number of anilines is 1. The molecule has 0 aromatic heterocycles. The van der Waals surface area contributed by atoms with Crippen LogP contribution < -0.4 is 25.6 Å². The van der Waals surface area contributed by atoms with Gasteiger partial charge in [0.2, 0.25) is 5.91 Å². The van der Waals surface area contributed by atoms with Crippen LogP contribution in [0.5, 0.6) is 11.5 Å². The van der Waals surface area contributed by atoms with Gasteiger partial charge < -0.3 is 20.2 Å². The first-order valence-corrected chi connectivity index (χ1v) is 8.27. The molecule has 0 atom stereocenters. The molecule has 2 aromatic rings. The molecule has 0 saturated carbocycles. The van der Waals surface area contributed by atoms with Crippen molar-refractivity contribution < 1.29 is 19.1 Å². The van der Waals surface area contributed by atoms with E-state index in [1.54, 1.807) is 25.1 Å². The summed E-state index contributed by atoms with van der Waals surface area (Å²) >= 11 is 0. The van der Waals surface area contributed by atoms with Gasteiger partial charge in [0, 0.05) is 29.1 Å². The van der Waals surface area contributed by atoms with Crippen molar-refractivity contribution in [3.05, 3.63) is 65.4 Å². The molecule has 2 rings (SSSR count). The summed E-state index contributed by atoms with van der Waals surface area (Å²) in [5, 5.41) is 2.79.